The summed E-state index contributed by atoms with van der Waals surface area (Å²) in [7, 11) is 0. The fourth-order valence-electron chi connectivity index (χ4n) is 3.72. The van der Waals surface area contributed by atoms with E-state index in [4.69, 9.17) is 0 Å². The summed E-state index contributed by atoms with van der Waals surface area (Å²) in [5.74, 6) is 0.156. The van der Waals surface area contributed by atoms with Crippen molar-refractivity contribution >= 4 is 28.6 Å². The molecule has 3 rings (SSSR count). The van der Waals surface area contributed by atoms with Crippen molar-refractivity contribution < 1.29 is 9.59 Å². The molecule has 0 spiro atoms. The molecule has 0 saturated carbocycles. The molecular weight excluding hydrogens is 446 g/mol. The fraction of sp³-hybridized carbons (Fsp3) is 0.407. The molecule has 2 heterocycles. The number of nitrogens with zero attached hydrogens (tertiary/aromatic N) is 2. The van der Waals surface area contributed by atoms with Gasteiger partial charge in [-0.2, -0.15) is 0 Å². The number of aromatic amines is 1. The van der Waals surface area contributed by atoms with Crippen LogP contribution in [0.5, 0.6) is 0 Å². The largest absolute Gasteiger partial charge is 0.295 e. The molecule has 0 amide bonds. The summed E-state index contributed by atoms with van der Waals surface area (Å²) < 4.78 is 1.50. The predicted molar refractivity (Wildman–Crippen MR) is 139 cm³/mol. The summed E-state index contributed by atoms with van der Waals surface area (Å²) >= 11 is 1.21. The standard InChI is InChI=1S/C27H33N3O3S/c1-16(2)14-21(31)23-12-13-24(34-23)22(32)15-28-17(3)25-18(4)29-30(26(25)33)20-10-8-19(9-11-20)27(5,6)7/h8-13,16,29H,14-15H2,1-7H3. The topological polar surface area (TPSA) is 84.3 Å². The molecule has 0 saturated heterocycles. The minimum atomic E-state index is -0.201. The van der Waals surface area contributed by atoms with Crippen LogP contribution in [0.3, 0.4) is 0 Å². The summed E-state index contributed by atoms with van der Waals surface area (Å²) in [5, 5.41) is 3.12. The number of aromatic nitrogens is 2. The number of aliphatic imine (C=N–C) groups is 1. The fourth-order valence-corrected chi connectivity index (χ4v) is 4.61. The number of aryl methyl sites for hydroxylation is 1. The number of benzene rings is 1. The predicted octanol–water partition coefficient (Wildman–Crippen LogP) is 5.75. The third-order valence-corrected chi connectivity index (χ3v) is 6.80. The quantitative estimate of drug-likeness (QED) is 0.330. The molecule has 0 aliphatic carbocycles. The highest BCUT2D eigenvalue weighted by Crippen LogP contribution is 2.23. The van der Waals surface area contributed by atoms with E-state index in [0.717, 1.165) is 5.69 Å². The van der Waals surface area contributed by atoms with Gasteiger partial charge in [-0.05, 0) is 55.0 Å². The maximum atomic E-state index is 13.1. The van der Waals surface area contributed by atoms with E-state index in [1.165, 1.54) is 21.6 Å². The molecular formula is C27H33N3O3S. The average Bonchev–Trinajstić information content (AvgIpc) is 3.36. The molecule has 34 heavy (non-hydrogen) atoms. The van der Waals surface area contributed by atoms with Gasteiger partial charge in [0.2, 0.25) is 0 Å². The van der Waals surface area contributed by atoms with E-state index in [1.807, 2.05) is 45.0 Å². The number of nitrogens with one attached hydrogen (secondary N) is 1. The van der Waals surface area contributed by atoms with Crippen molar-refractivity contribution in [2.24, 2.45) is 10.9 Å². The molecule has 180 valence electrons. The Morgan fingerprint density at radius 2 is 1.62 bits per heavy atom. The summed E-state index contributed by atoms with van der Waals surface area (Å²) in [6, 6.07) is 11.3. The third-order valence-electron chi connectivity index (χ3n) is 5.63. The van der Waals surface area contributed by atoms with Crippen LogP contribution in [-0.4, -0.2) is 33.6 Å². The number of hydrogen-bond acceptors (Lipinski definition) is 5. The van der Waals surface area contributed by atoms with Gasteiger partial charge in [-0.25, -0.2) is 4.68 Å². The first-order chi connectivity index (χ1) is 15.9. The lowest BCUT2D eigenvalue weighted by Gasteiger charge is -2.19. The molecule has 0 aliphatic rings. The van der Waals surface area contributed by atoms with E-state index in [-0.39, 0.29) is 35.0 Å². The summed E-state index contributed by atoms with van der Waals surface area (Å²) in [5.41, 5.74) is 3.42. The number of hydrogen-bond donors (Lipinski definition) is 1. The zero-order valence-corrected chi connectivity index (χ0v) is 21.8. The van der Waals surface area contributed by atoms with Gasteiger partial charge in [0.05, 0.1) is 21.0 Å². The van der Waals surface area contributed by atoms with Gasteiger partial charge < -0.3 is 0 Å². The molecule has 1 N–H and O–H groups in total. The van der Waals surface area contributed by atoms with E-state index in [2.05, 4.69) is 30.9 Å². The van der Waals surface area contributed by atoms with Crippen LogP contribution in [0.25, 0.3) is 5.69 Å². The van der Waals surface area contributed by atoms with Crippen molar-refractivity contribution in [3.05, 3.63) is 73.3 Å². The normalized spacial score (nSPS) is 12.4. The third kappa shape index (κ3) is 5.70. The Morgan fingerprint density at radius 1 is 1.03 bits per heavy atom. The van der Waals surface area contributed by atoms with Crippen molar-refractivity contribution in [3.8, 4) is 5.69 Å². The van der Waals surface area contributed by atoms with Crippen LogP contribution in [0, 0.1) is 12.8 Å². The molecule has 0 fully saturated rings. The molecule has 2 aromatic heterocycles. The Hall–Kier alpha value is -3.06. The van der Waals surface area contributed by atoms with Crippen LogP contribution in [0.2, 0.25) is 0 Å². The Bertz CT molecular complexity index is 1280. The molecule has 0 atom stereocenters. The Balaban J connectivity index is 1.78. The maximum Gasteiger partial charge on any atom is 0.280 e. The molecule has 1 aromatic carbocycles. The van der Waals surface area contributed by atoms with Gasteiger partial charge in [0.15, 0.2) is 11.6 Å². The average molecular weight is 480 g/mol. The van der Waals surface area contributed by atoms with Crippen molar-refractivity contribution in [2.75, 3.05) is 6.54 Å². The van der Waals surface area contributed by atoms with E-state index in [0.29, 0.717) is 33.1 Å². The summed E-state index contributed by atoms with van der Waals surface area (Å²) in [6.45, 7) is 13.9. The summed E-state index contributed by atoms with van der Waals surface area (Å²) in [4.78, 5) is 43.5. The summed E-state index contributed by atoms with van der Waals surface area (Å²) in [6.07, 6.45) is 0.462. The van der Waals surface area contributed by atoms with Gasteiger partial charge in [0.1, 0.15) is 6.54 Å². The highest BCUT2D eigenvalue weighted by molar-refractivity contribution is 7.16. The van der Waals surface area contributed by atoms with Crippen molar-refractivity contribution in [2.45, 2.75) is 60.3 Å². The molecule has 3 aromatic rings. The molecule has 7 heteroatoms. The lowest BCUT2D eigenvalue weighted by Crippen LogP contribution is -2.20. The first-order valence-corrected chi connectivity index (χ1v) is 12.3. The molecule has 0 aliphatic heterocycles. The number of carbonyl (C=O) groups is 2. The van der Waals surface area contributed by atoms with Gasteiger partial charge >= 0.3 is 0 Å². The van der Waals surface area contributed by atoms with Crippen LogP contribution in [0.15, 0.2) is 46.2 Å². The number of Topliss-reactive ketones (excluding diaryl/α,β-unsaturated/α-hetero) is 2. The van der Waals surface area contributed by atoms with E-state index in [9.17, 15) is 14.4 Å². The van der Waals surface area contributed by atoms with Crippen LogP contribution in [0.1, 0.15) is 84.1 Å². The van der Waals surface area contributed by atoms with E-state index < -0.39 is 0 Å². The minimum Gasteiger partial charge on any atom is -0.295 e. The lowest BCUT2D eigenvalue weighted by molar-refractivity contribution is 0.0970. The maximum absolute atomic E-state index is 13.1. The number of thiophene rings is 1. The Labute approximate surface area is 204 Å². The Morgan fingerprint density at radius 3 is 2.18 bits per heavy atom. The van der Waals surface area contributed by atoms with Crippen LogP contribution >= 0.6 is 11.3 Å². The van der Waals surface area contributed by atoms with Gasteiger partial charge in [-0.15, -0.1) is 11.3 Å². The van der Waals surface area contributed by atoms with Gasteiger partial charge in [0.25, 0.3) is 5.56 Å². The molecule has 0 bridgehead atoms. The molecule has 0 unspecified atom stereocenters. The van der Waals surface area contributed by atoms with Gasteiger partial charge in [0, 0.05) is 17.8 Å². The highest BCUT2D eigenvalue weighted by Gasteiger charge is 2.18. The molecule has 6 nitrogen and oxygen atoms in total. The van der Waals surface area contributed by atoms with E-state index >= 15 is 0 Å². The van der Waals surface area contributed by atoms with Crippen molar-refractivity contribution in [3.63, 3.8) is 0 Å². The number of carbonyl (C=O) groups excluding carboxylic acids is 2. The number of H-pyrrole nitrogens is 1. The monoisotopic (exact) mass is 479 g/mol. The van der Waals surface area contributed by atoms with Gasteiger partial charge in [-0.3, -0.25) is 24.5 Å². The zero-order chi connectivity index (χ0) is 25.2. The van der Waals surface area contributed by atoms with Crippen molar-refractivity contribution in [1.29, 1.82) is 0 Å². The first-order valence-electron chi connectivity index (χ1n) is 11.5. The van der Waals surface area contributed by atoms with E-state index in [1.54, 1.807) is 19.1 Å². The van der Waals surface area contributed by atoms with Crippen LogP contribution in [-0.2, 0) is 5.41 Å². The highest BCUT2D eigenvalue weighted by atomic mass is 32.1. The van der Waals surface area contributed by atoms with Crippen LogP contribution < -0.4 is 5.56 Å². The second-order valence-electron chi connectivity index (χ2n) is 10.1. The number of rotatable bonds is 8. The number of ketones is 2. The SMILES string of the molecule is CC(=NCC(=O)c1ccc(C(=O)CC(C)C)s1)c1c(C)[nH]n(-c2ccc(C(C)(C)C)cc2)c1=O. The van der Waals surface area contributed by atoms with Crippen LogP contribution in [0.4, 0.5) is 0 Å². The zero-order valence-electron chi connectivity index (χ0n) is 21.0. The van der Waals surface area contributed by atoms with Crippen molar-refractivity contribution in [1.82, 2.24) is 9.78 Å². The minimum absolute atomic E-state index is 0.0289. The lowest BCUT2D eigenvalue weighted by atomic mass is 9.87. The first kappa shape index (κ1) is 25.6. The molecule has 0 radical (unpaired) electrons. The second-order valence-corrected chi connectivity index (χ2v) is 11.1. The Kier molecular flexibility index (Phi) is 7.56. The van der Waals surface area contributed by atoms with Gasteiger partial charge in [-0.1, -0.05) is 46.8 Å². The smallest absolute Gasteiger partial charge is 0.280 e. The second kappa shape index (κ2) is 10.1.